The van der Waals surface area contributed by atoms with E-state index in [1.54, 1.807) is 0 Å². The maximum absolute atomic E-state index is 4.41. The van der Waals surface area contributed by atoms with Crippen LogP contribution in [0.2, 0.25) is 0 Å². The van der Waals surface area contributed by atoms with Crippen molar-refractivity contribution in [3.63, 3.8) is 0 Å². The summed E-state index contributed by atoms with van der Waals surface area (Å²) in [6, 6.07) is 6.21. The van der Waals surface area contributed by atoms with Crippen LogP contribution in [0, 0.1) is 0 Å². The van der Waals surface area contributed by atoms with E-state index in [0.717, 1.165) is 12.8 Å². The summed E-state index contributed by atoms with van der Waals surface area (Å²) in [6.07, 6.45) is 2.07. The van der Waals surface area contributed by atoms with Crippen LogP contribution in [0.3, 0.4) is 0 Å². The fraction of sp³-hybridized carbons (Fsp3) is 0.444. The van der Waals surface area contributed by atoms with Gasteiger partial charge in [-0.3, -0.25) is 4.98 Å². The molecule has 0 amide bonds. The summed E-state index contributed by atoms with van der Waals surface area (Å²) >= 11 is 0. The molecule has 54 valence electrons. The van der Waals surface area contributed by atoms with Crippen molar-refractivity contribution in [2.24, 2.45) is 0 Å². The van der Waals surface area contributed by atoms with Gasteiger partial charge in [0, 0.05) is 11.4 Å². The summed E-state index contributed by atoms with van der Waals surface area (Å²) < 4.78 is 0. The van der Waals surface area contributed by atoms with Gasteiger partial charge in [-0.1, -0.05) is 19.9 Å². The van der Waals surface area contributed by atoms with Crippen LogP contribution < -0.4 is 0 Å². The maximum atomic E-state index is 4.41. The van der Waals surface area contributed by atoms with Gasteiger partial charge in [0.05, 0.1) is 0 Å². The van der Waals surface area contributed by atoms with E-state index in [0.29, 0.717) is 0 Å². The summed E-state index contributed by atoms with van der Waals surface area (Å²) in [5.41, 5.74) is 2.39. The van der Waals surface area contributed by atoms with Gasteiger partial charge in [-0.15, -0.1) is 0 Å². The van der Waals surface area contributed by atoms with E-state index >= 15 is 0 Å². The molecule has 1 nitrogen and oxygen atoms in total. The van der Waals surface area contributed by atoms with Gasteiger partial charge in [-0.05, 0) is 25.0 Å². The first-order valence-electron chi connectivity index (χ1n) is 3.81. The Balaban J connectivity index is 2.87. The van der Waals surface area contributed by atoms with Gasteiger partial charge in [0.25, 0.3) is 0 Å². The SMILES string of the molecule is CCc1cccc(CC)n1. The molecular weight excluding hydrogens is 122 g/mol. The van der Waals surface area contributed by atoms with E-state index in [2.05, 4.69) is 37.0 Å². The summed E-state index contributed by atoms with van der Waals surface area (Å²) in [4.78, 5) is 4.41. The van der Waals surface area contributed by atoms with Gasteiger partial charge < -0.3 is 0 Å². The zero-order valence-electron chi connectivity index (χ0n) is 6.59. The van der Waals surface area contributed by atoms with Crippen molar-refractivity contribution in [1.29, 1.82) is 0 Å². The lowest BCUT2D eigenvalue weighted by atomic mass is 10.2. The lowest BCUT2D eigenvalue weighted by Gasteiger charge is -1.97. The molecule has 1 aromatic rings. The lowest BCUT2D eigenvalue weighted by molar-refractivity contribution is 0.955. The van der Waals surface area contributed by atoms with Crippen LogP contribution in [0.15, 0.2) is 18.2 Å². The van der Waals surface area contributed by atoms with Gasteiger partial charge in [0.15, 0.2) is 0 Å². The molecule has 0 bridgehead atoms. The Kier molecular flexibility index (Phi) is 2.43. The third-order valence-electron chi connectivity index (χ3n) is 1.59. The fourth-order valence-electron chi connectivity index (χ4n) is 0.923. The Morgan fingerprint density at radius 1 is 1.10 bits per heavy atom. The molecule has 0 radical (unpaired) electrons. The summed E-state index contributed by atoms with van der Waals surface area (Å²) in [6.45, 7) is 4.25. The average Bonchev–Trinajstić information content (AvgIpc) is 2.05. The second-order valence-corrected chi connectivity index (χ2v) is 2.33. The Hall–Kier alpha value is -0.850. The molecule has 10 heavy (non-hydrogen) atoms. The molecule has 0 aliphatic carbocycles. The lowest BCUT2D eigenvalue weighted by Crippen LogP contribution is -1.91. The molecule has 0 fully saturated rings. The average molecular weight is 135 g/mol. The third-order valence-corrected chi connectivity index (χ3v) is 1.59. The van der Waals surface area contributed by atoms with E-state index in [9.17, 15) is 0 Å². The zero-order valence-corrected chi connectivity index (χ0v) is 6.59. The highest BCUT2D eigenvalue weighted by Crippen LogP contribution is 1.99. The summed E-state index contributed by atoms with van der Waals surface area (Å²) in [7, 11) is 0. The van der Waals surface area contributed by atoms with E-state index in [4.69, 9.17) is 0 Å². The molecule has 0 aliphatic rings. The molecule has 0 atom stereocenters. The molecule has 1 heteroatoms. The second kappa shape index (κ2) is 3.35. The standard InChI is InChI=1S/C9H13N/c1-3-8-6-5-7-9(4-2)10-8/h5-7H,3-4H2,1-2H3. The maximum Gasteiger partial charge on any atom is 0.0404 e. The van der Waals surface area contributed by atoms with Crippen molar-refractivity contribution >= 4 is 0 Å². The number of aryl methyl sites for hydroxylation is 2. The molecule has 0 saturated carbocycles. The topological polar surface area (TPSA) is 12.9 Å². The predicted molar refractivity (Wildman–Crippen MR) is 43.0 cm³/mol. The molecule has 0 spiro atoms. The number of nitrogens with zero attached hydrogens (tertiary/aromatic N) is 1. The van der Waals surface area contributed by atoms with Gasteiger partial charge >= 0.3 is 0 Å². The Morgan fingerprint density at radius 2 is 1.60 bits per heavy atom. The van der Waals surface area contributed by atoms with Crippen molar-refractivity contribution < 1.29 is 0 Å². The first kappa shape index (κ1) is 7.26. The second-order valence-electron chi connectivity index (χ2n) is 2.33. The minimum absolute atomic E-state index is 1.04. The molecule has 1 aromatic heterocycles. The van der Waals surface area contributed by atoms with E-state index < -0.39 is 0 Å². The predicted octanol–water partition coefficient (Wildman–Crippen LogP) is 2.21. The van der Waals surface area contributed by atoms with Crippen LogP contribution in [0.1, 0.15) is 25.2 Å². The molecule has 0 N–H and O–H groups in total. The van der Waals surface area contributed by atoms with Crippen LogP contribution in [-0.2, 0) is 12.8 Å². The monoisotopic (exact) mass is 135 g/mol. The Labute approximate surface area is 62.1 Å². The minimum atomic E-state index is 1.04. The number of rotatable bonds is 2. The smallest absolute Gasteiger partial charge is 0.0404 e. The first-order chi connectivity index (χ1) is 4.86. The number of pyridine rings is 1. The number of aromatic nitrogens is 1. The minimum Gasteiger partial charge on any atom is -0.258 e. The van der Waals surface area contributed by atoms with Crippen molar-refractivity contribution in [1.82, 2.24) is 4.98 Å². The normalized spacial score (nSPS) is 9.80. The van der Waals surface area contributed by atoms with Crippen molar-refractivity contribution in [3.05, 3.63) is 29.6 Å². The highest BCUT2D eigenvalue weighted by molar-refractivity contribution is 5.10. The van der Waals surface area contributed by atoms with Crippen LogP contribution >= 0.6 is 0 Å². The molecule has 0 aromatic carbocycles. The van der Waals surface area contributed by atoms with Crippen LogP contribution in [0.4, 0.5) is 0 Å². The largest absolute Gasteiger partial charge is 0.258 e. The van der Waals surface area contributed by atoms with Gasteiger partial charge in [0.2, 0.25) is 0 Å². The van der Waals surface area contributed by atoms with Gasteiger partial charge in [-0.25, -0.2) is 0 Å². The summed E-state index contributed by atoms with van der Waals surface area (Å²) in [5.74, 6) is 0. The summed E-state index contributed by atoms with van der Waals surface area (Å²) in [5, 5.41) is 0. The highest BCUT2D eigenvalue weighted by atomic mass is 14.7. The van der Waals surface area contributed by atoms with Crippen LogP contribution in [0.25, 0.3) is 0 Å². The third kappa shape index (κ3) is 1.56. The van der Waals surface area contributed by atoms with Gasteiger partial charge in [-0.2, -0.15) is 0 Å². The van der Waals surface area contributed by atoms with E-state index in [1.807, 2.05) is 0 Å². The van der Waals surface area contributed by atoms with Crippen molar-refractivity contribution in [3.8, 4) is 0 Å². The van der Waals surface area contributed by atoms with E-state index in [1.165, 1.54) is 11.4 Å². The van der Waals surface area contributed by atoms with Crippen LogP contribution in [0.5, 0.6) is 0 Å². The molecule has 0 aliphatic heterocycles. The Morgan fingerprint density at radius 3 is 2.00 bits per heavy atom. The number of hydrogen-bond acceptors (Lipinski definition) is 1. The van der Waals surface area contributed by atoms with Gasteiger partial charge in [0.1, 0.15) is 0 Å². The quantitative estimate of drug-likeness (QED) is 0.605. The fourth-order valence-corrected chi connectivity index (χ4v) is 0.923. The highest BCUT2D eigenvalue weighted by Gasteiger charge is 1.91. The molecular formula is C9H13N. The number of hydrogen-bond donors (Lipinski definition) is 0. The Bertz CT molecular complexity index is 186. The molecule has 1 rings (SSSR count). The van der Waals surface area contributed by atoms with E-state index in [-0.39, 0.29) is 0 Å². The van der Waals surface area contributed by atoms with Crippen molar-refractivity contribution in [2.45, 2.75) is 26.7 Å². The molecule has 1 heterocycles. The zero-order chi connectivity index (χ0) is 7.40. The van der Waals surface area contributed by atoms with Crippen LogP contribution in [-0.4, -0.2) is 4.98 Å². The molecule has 0 saturated heterocycles. The van der Waals surface area contributed by atoms with Crippen molar-refractivity contribution in [2.75, 3.05) is 0 Å². The molecule has 0 unspecified atom stereocenters. The first-order valence-corrected chi connectivity index (χ1v) is 3.81.